The van der Waals surface area contributed by atoms with Gasteiger partial charge < -0.3 is 5.32 Å². The molecule has 6 heteroatoms. The summed E-state index contributed by atoms with van der Waals surface area (Å²) in [7, 11) is 0. The van der Waals surface area contributed by atoms with Crippen LogP contribution in [-0.2, 0) is 4.79 Å². The van der Waals surface area contributed by atoms with Gasteiger partial charge >= 0.3 is 0 Å². The van der Waals surface area contributed by atoms with E-state index >= 15 is 0 Å². The molecule has 1 N–H and O–H groups in total. The molecule has 2 heterocycles. The Kier molecular flexibility index (Phi) is 3.76. The molecule has 5 nitrogen and oxygen atoms in total. The summed E-state index contributed by atoms with van der Waals surface area (Å²) in [5.41, 5.74) is 0.886. The van der Waals surface area contributed by atoms with Crippen LogP contribution in [0.25, 0.3) is 0 Å². The van der Waals surface area contributed by atoms with E-state index in [2.05, 4.69) is 31.3 Å². The largest absolute Gasteiger partial charge is 0.309 e. The van der Waals surface area contributed by atoms with Crippen molar-refractivity contribution in [3.05, 3.63) is 40.8 Å². The predicted molar refractivity (Wildman–Crippen MR) is 72.2 cm³/mol. The van der Waals surface area contributed by atoms with Gasteiger partial charge in [-0.2, -0.15) is 5.10 Å². The Hall–Kier alpha value is -1.69. The third-order valence-electron chi connectivity index (χ3n) is 2.50. The van der Waals surface area contributed by atoms with E-state index in [1.807, 2.05) is 19.1 Å². The smallest absolute Gasteiger partial charge is 0.250 e. The number of nitrogens with zero attached hydrogens (tertiary/aromatic N) is 3. The number of hydrogen-bond acceptors (Lipinski definition) is 3. The van der Waals surface area contributed by atoms with E-state index in [9.17, 15) is 4.79 Å². The number of halogens is 1. The first-order chi connectivity index (χ1) is 8.56. The lowest BCUT2D eigenvalue weighted by Crippen LogP contribution is -2.24. The highest BCUT2D eigenvalue weighted by atomic mass is 79.9. The van der Waals surface area contributed by atoms with Gasteiger partial charge in [-0.3, -0.25) is 9.48 Å². The van der Waals surface area contributed by atoms with Crippen LogP contribution in [0.3, 0.4) is 0 Å². The van der Waals surface area contributed by atoms with Gasteiger partial charge in [0, 0.05) is 16.9 Å². The minimum Gasteiger partial charge on any atom is -0.309 e. The van der Waals surface area contributed by atoms with Crippen LogP contribution in [-0.4, -0.2) is 20.7 Å². The normalized spacial score (nSPS) is 12.2. The van der Waals surface area contributed by atoms with Crippen LogP contribution in [0.15, 0.2) is 35.1 Å². The zero-order chi connectivity index (χ0) is 13.1. The molecule has 2 aromatic heterocycles. The molecule has 0 spiro atoms. The number of rotatable bonds is 3. The molecule has 0 bridgehead atoms. The van der Waals surface area contributed by atoms with E-state index in [0.29, 0.717) is 5.82 Å². The van der Waals surface area contributed by atoms with E-state index < -0.39 is 0 Å². The summed E-state index contributed by atoms with van der Waals surface area (Å²) >= 11 is 3.29. The molecule has 1 unspecified atom stereocenters. The van der Waals surface area contributed by atoms with Gasteiger partial charge in [0.05, 0.1) is 5.69 Å². The molecule has 0 aliphatic carbocycles. The van der Waals surface area contributed by atoms with Crippen LogP contribution < -0.4 is 5.32 Å². The lowest BCUT2D eigenvalue weighted by Gasteiger charge is -2.12. The molecule has 0 saturated carbocycles. The number of anilines is 1. The van der Waals surface area contributed by atoms with Gasteiger partial charge in [-0.25, -0.2) is 4.98 Å². The molecule has 0 aliphatic heterocycles. The average molecular weight is 309 g/mol. The second-order valence-corrected chi connectivity index (χ2v) is 4.88. The summed E-state index contributed by atoms with van der Waals surface area (Å²) in [5.74, 6) is 0.381. The highest BCUT2D eigenvalue weighted by Gasteiger charge is 2.15. The minimum absolute atomic E-state index is 0.145. The van der Waals surface area contributed by atoms with Crippen LogP contribution in [0.2, 0.25) is 0 Å². The monoisotopic (exact) mass is 308 g/mol. The van der Waals surface area contributed by atoms with E-state index in [1.54, 1.807) is 30.1 Å². The van der Waals surface area contributed by atoms with Gasteiger partial charge in [0.2, 0.25) is 5.91 Å². The van der Waals surface area contributed by atoms with Crippen molar-refractivity contribution in [2.75, 3.05) is 5.32 Å². The molecule has 2 aromatic rings. The third-order valence-corrected chi connectivity index (χ3v) is 2.97. The Morgan fingerprint density at radius 3 is 2.78 bits per heavy atom. The summed E-state index contributed by atoms with van der Waals surface area (Å²) in [5, 5.41) is 6.96. The molecule has 94 valence electrons. The number of pyridine rings is 1. The second kappa shape index (κ2) is 5.30. The first-order valence-corrected chi connectivity index (χ1v) is 6.30. The fourth-order valence-corrected chi connectivity index (χ4v) is 1.68. The standard InChI is InChI=1S/C12H13BrN4O/c1-8-5-6-17(16-8)9(2)12(18)15-11-4-3-10(13)7-14-11/h3-7,9H,1-2H3,(H,14,15,18). The van der Waals surface area contributed by atoms with E-state index in [0.717, 1.165) is 10.2 Å². The summed E-state index contributed by atoms with van der Waals surface area (Å²) < 4.78 is 2.50. The zero-order valence-electron chi connectivity index (χ0n) is 10.1. The number of carbonyl (C=O) groups is 1. The van der Waals surface area contributed by atoms with Crippen LogP contribution in [0.4, 0.5) is 5.82 Å². The Bertz CT molecular complexity index is 549. The van der Waals surface area contributed by atoms with Crippen LogP contribution in [0.1, 0.15) is 18.7 Å². The molecule has 18 heavy (non-hydrogen) atoms. The Morgan fingerprint density at radius 2 is 2.22 bits per heavy atom. The maximum Gasteiger partial charge on any atom is 0.250 e. The lowest BCUT2D eigenvalue weighted by molar-refractivity contribution is -0.119. The van der Waals surface area contributed by atoms with Crippen LogP contribution >= 0.6 is 15.9 Å². The lowest BCUT2D eigenvalue weighted by atomic mass is 10.3. The van der Waals surface area contributed by atoms with Crippen molar-refractivity contribution in [1.82, 2.24) is 14.8 Å². The van der Waals surface area contributed by atoms with Crippen LogP contribution in [0.5, 0.6) is 0 Å². The van der Waals surface area contributed by atoms with E-state index in [-0.39, 0.29) is 11.9 Å². The van der Waals surface area contributed by atoms with Gasteiger partial charge in [0.15, 0.2) is 0 Å². The van der Waals surface area contributed by atoms with Crippen molar-refractivity contribution >= 4 is 27.7 Å². The molecule has 0 aliphatic rings. The molecule has 1 amide bonds. The Balaban J connectivity index is 2.05. The van der Waals surface area contributed by atoms with Crippen LogP contribution in [0, 0.1) is 6.92 Å². The van der Waals surface area contributed by atoms with Gasteiger partial charge in [-0.05, 0) is 48.0 Å². The van der Waals surface area contributed by atoms with Crippen molar-refractivity contribution in [2.24, 2.45) is 0 Å². The Labute approximate surface area is 113 Å². The average Bonchev–Trinajstić information content (AvgIpc) is 2.78. The van der Waals surface area contributed by atoms with E-state index in [4.69, 9.17) is 0 Å². The van der Waals surface area contributed by atoms with Crippen molar-refractivity contribution in [1.29, 1.82) is 0 Å². The predicted octanol–water partition coefficient (Wildman–Crippen LogP) is 2.55. The first-order valence-electron chi connectivity index (χ1n) is 5.50. The maximum atomic E-state index is 12.0. The molecule has 0 radical (unpaired) electrons. The maximum absolute atomic E-state index is 12.0. The number of carbonyl (C=O) groups excluding carboxylic acids is 1. The van der Waals surface area contributed by atoms with Gasteiger partial charge in [0.25, 0.3) is 0 Å². The third kappa shape index (κ3) is 2.95. The SMILES string of the molecule is Cc1ccn(C(C)C(=O)Nc2ccc(Br)cn2)n1. The molecule has 2 rings (SSSR count). The van der Waals surface area contributed by atoms with Gasteiger partial charge in [0.1, 0.15) is 11.9 Å². The van der Waals surface area contributed by atoms with Gasteiger partial charge in [-0.15, -0.1) is 0 Å². The second-order valence-electron chi connectivity index (χ2n) is 3.96. The number of amides is 1. The van der Waals surface area contributed by atoms with E-state index in [1.165, 1.54) is 0 Å². The summed E-state index contributed by atoms with van der Waals surface area (Å²) in [6.45, 7) is 3.68. The first kappa shape index (κ1) is 12.8. The van der Waals surface area contributed by atoms with Crippen molar-refractivity contribution < 1.29 is 4.79 Å². The van der Waals surface area contributed by atoms with Crippen molar-refractivity contribution in [3.63, 3.8) is 0 Å². The fourth-order valence-electron chi connectivity index (χ4n) is 1.45. The molecule has 0 saturated heterocycles. The molecule has 0 aromatic carbocycles. The number of hydrogen-bond donors (Lipinski definition) is 1. The van der Waals surface area contributed by atoms with Crippen molar-refractivity contribution in [2.45, 2.75) is 19.9 Å². The summed E-state index contributed by atoms with van der Waals surface area (Å²) in [4.78, 5) is 16.1. The summed E-state index contributed by atoms with van der Waals surface area (Å²) in [6, 6.07) is 5.06. The molecule has 1 atom stereocenters. The van der Waals surface area contributed by atoms with Gasteiger partial charge in [-0.1, -0.05) is 0 Å². The number of nitrogens with one attached hydrogen (secondary N) is 1. The highest BCUT2D eigenvalue weighted by Crippen LogP contribution is 2.13. The zero-order valence-corrected chi connectivity index (χ0v) is 11.7. The topological polar surface area (TPSA) is 59.8 Å². The summed E-state index contributed by atoms with van der Waals surface area (Å²) in [6.07, 6.45) is 3.42. The Morgan fingerprint density at radius 1 is 1.44 bits per heavy atom. The molecular weight excluding hydrogens is 296 g/mol. The quantitative estimate of drug-likeness (QED) is 0.948. The van der Waals surface area contributed by atoms with Crippen molar-refractivity contribution in [3.8, 4) is 0 Å². The number of aryl methyl sites for hydroxylation is 1. The number of aromatic nitrogens is 3. The molecule has 0 fully saturated rings. The fraction of sp³-hybridized carbons (Fsp3) is 0.250. The minimum atomic E-state index is -0.371. The molecular formula is C12H13BrN4O. The highest BCUT2D eigenvalue weighted by molar-refractivity contribution is 9.10.